The molecule has 3 nitrogen and oxygen atoms in total. The lowest BCUT2D eigenvalue weighted by molar-refractivity contribution is -0.116. The molecule has 0 saturated heterocycles. The van der Waals surface area contributed by atoms with E-state index in [0.717, 1.165) is 29.2 Å². The monoisotopic (exact) mass is 284 g/mol. The van der Waals surface area contributed by atoms with Crippen molar-refractivity contribution in [3.05, 3.63) is 29.3 Å². The maximum atomic E-state index is 12.0. The Labute approximate surface area is 127 Å². The lowest BCUT2D eigenvalue weighted by atomic mass is 10.0. The molecule has 1 fully saturated rings. The van der Waals surface area contributed by atoms with E-state index in [0.29, 0.717) is 13.0 Å². The number of rotatable bonds is 4. The van der Waals surface area contributed by atoms with Gasteiger partial charge >= 0.3 is 0 Å². The van der Waals surface area contributed by atoms with Crippen LogP contribution in [0.1, 0.15) is 49.7 Å². The summed E-state index contributed by atoms with van der Waals surface area (Å²) >= 11 is 0. The lowest BCUT2D eigenvalue weighted by Crippen LogP contribution is -2.13. The summed E-state index contributed by atoms with van der Waals surface area (Å²) in [4.78, 5) is 12.0. The molecule has 1 aliphatic carbocycles. The van der Waals surface area contributed by atoms with Crippen molar-refractivity contribution in [2.24, 2.45) is 11.7 Å². The van der Waals surface area contributed by atoms with Gasteiger partial charge < -0.3 is 11.1 Å². The third-order valence-corrected chi connectivity index (χ3v) is 3.95. The van der Waals surface area contributed by atoms with Crippen molar-refractivity contribution in [3.63, 3.8) is 0 Å². The number of carbonyl (C=O) groups excluding carboxylic acids is 1. The summed E-state index contributed by atoms with van der Waals surface area (Å²) in [7, 11) is 0. The van der Waals surface area contributed by atoms with Crippen LogP contribution in [0.25, 0.3) is 0 Å². The largest absolute Gasteiger partial charge is 0.326 e. The van der Waals surface area contributed by atoms with Crippen LogP contribution in [0, 0.1) is 24.7 Å². The minimum absolute atomic E-state index is 0.102. The maximum Gasteiger partial charge on any atom is 0.224 e. The minimum Gasteiger partial charge on any atom is -0.326 e. The van der Waals surface area contributed by atoms with Crippen molar-refractivity contribution in [1.29, 1.82) is 0 Å². The van der Waals surface area contributed by atoms with Crippen molar-refractivity contribution in [2.75, 3.05) is 11.9 Å². The van der Waals surface area contributed by atoms with Gasteiger partial charge in [0.25, 0.3) is 0 Å². The van der Waals surface area contributed by atoms with Gasteiger partial charge in [0.15, 0.2) is 0 Å². The van der Waals surface area contributed by atoms with Crippen LogP contribution in [0.2, 0.25) is 0 Å². The fraction of sp³-hybridized carbons (Fsp3) is 0.500. The fourth-order valence-electron chi connectivity index (χ4n) is 2.94. The molecule has 0 aromatic heterocycles. The van der Waals surface area contributed by atoms with Gasteiger partial charge in [-0.25, -0.2) is 0 Å². The second-order valence-corrected chi connectivity index (χ2v) is 5.83. The molecule has 2 rings (SSSR count). The molecule has 0 atom stereocenters. The van der Waals surface area contributed by atoms with Crippen LogP contribution < -0.4 is 11.1 Å². The molecular formula is C18H24N2O. The van der Waals surface area contributed by atoms with Gasteiger partial charge in [-0.15, -0.1) is 0 Å². The van der Waals surface area contributed by atoms with E-state index < -0.39 is 0 Å². The zero-order chi connectivity index (χ0) is 15.1. The highest BCUT2D eigenvalue weighted by Gasteiger charge is 2.16. The van der Waals surface area contributed by atoms with Crippen molar-refractivity contribution < 1.29 is 4.79 Å². The molecule has 1 aromatic rings. The first-order chi connectivity index (χ1) is 10.2. The summed E-state index contributed by atoms with van der Waals surface area (Å²) in [5.74, 6) is 6.70. The zero-order valence-corrected chi connectivity index (χ0v) is 12.7. The molecule has 1 aromatic carbocycles. The van der Waals surface area contributed by atoms with Crippen LogP contribution in [-0.4, -0.2) is 12.5 Å². The van der Waals surface area contributed by atoms with E-state index in [1.54, 1.807) is 0 Å². The Morgan fingerprint density at radius 3 is 2.81 bits per heavy atom. The van der Waals surface area contributed by atoms with Gasteiger partial charge in [0.1, 0.15) is 0 Å². The average Bonchev–Trinajstić information content (AvgIpc) is 2.95. The molecular weight excluding hydrogens is 260 g/mol. The van der Waals surface area contributed by atoms with Gasteiger partial charge in [-0.1, -0.05) is 37.5 Å². The third-order valence-electron chi connectivity index (χ3n) is 3.95. The Kier molecular flexibility index (Phi) is 5.83. The quantitative estimate of drug-likeness (QED) is 0.834. The van der Waals surface area contributed by atoms with Crippen molar-refractivity contribution in [3.8, 4) is 11.8 Å². The molecule has 21 heavy (non-hydrogen) atoms. The van der Waals surface area contributed by atoms with Crippen molar-refractivity contribution in [2.45, 2.75) is 45.4 Å². The number of anilines is 1. The van der Waals surface area contributed by atoms with Gasteiger partial charge in [0.05, 0.1) is 6.54 Å². The molecule has 0 unspecified atom stereocenters. The molecule has 0 heterocycles. The molecule has 1 aliphatic rings. The molecule has 0 bridgehead atoms. The Hall–Kier alpha value is -1.79. The third kappa shape index (κ3) is 5.24. The molecule has 1 amide bonds. The fourth-order valence-corrected chi connectivity index (χ4v) is 2.94. The summed E-state index contributed by atoms with van der Waals surface area (Å²) in [6, 6.07) is 5.88. The minimum atomic E-state index is 0.102. The Balaban J connectivity index is 1.91. The normalized spacial score (nSPS) is 14.6. The summed E-state index contributed by atoms with van der Waals surface area (Å²) < 4.78 is 0. The molecule has 0 aliphatic heterocycles. The average molecular weight is 284 g/mol. The van der Waals surface area contributed by atoms with E-state index in [2.05, 4.69) is 17.2 Å². The topological polar surface area (TPSA) is 55.1 Å². The second-order valence-electron chi connectivity index (χ2n) is 5.83. The van der Waals surface area contributed by atoms with Gasteiger partial charge in [0.2, 0.25) is 5.91 Å². The zero-order valence-electron chi connectivity index (χ0n) is 12.7. The van der Waals surface area contributed by atoms with Gasteiger partial charge in [-0.3, -0.25) is 4.79 Å². The van der Waals surface area contributed by atoms with Crippen LogP contribution in [0.3, 0.4) is 0 Å². The highest BCUT2D eigenvalue weighted by Crippen LogP contribution is 2.28. The summed E-state index contributed by atoms with van der Waals surface area (Å²) in [6.45, 7) is 2.35. The molecule has 3 N–H and O–H groups in total. The van der Waals surface area contributed by atoms with E-state index in [1.807, 2.05) is 25.1 Å². The Morgan fingerprint density at radius 2 is 2.10 bits per heavy atom. The van der Waals surface area contributed by atoms with Crippen LogP contribution in [0.5, 0.6) is 0 Å². The predicted octanol–water partition coefficient (Wildman–Crippen LogP) is 3.21. The SMILES string of the molecule is Cc1cc(C#CCN)cc(NC(=O)CCC2CCCC2)c1. The first-order valence-electron chi connectivity index (χ1n) is 7.78. The Bertz CT molecular complexity index is 548. The molecule has 3 heteroatoms. The lowest BCUT2D eigenvalue weighted by Gasteiger charge is -2.10. The summed E-state index contributed by atoms with van der Waals surface area (Å²) in [6.07, 6.45) is 6.85. The van der Waals surface area contributed by atoms with E-state index in [-0.39, 0.29) is 5.91 Å². The predicted molar refractivity (Wildman–Crippen MR) is 86.9 cm³/mol. The first kappa shape index (κ1) is 15.6. The molecule has 1 saturated carbocycles. The summed E-state index contributed by atoms with van der Waals surface area (Å²) in [5, 5.41) is 2.99. The number of carbonyl (C=O) groups is 1. The highest BCUT2D eigenvalue weighted by atomic mass is 16.1. The number of aryl methyl sites for hydroxylation is 1. The highest BCUT2D eigenvalue weighted by molar-refractivity contribution is 5.91. The Morgan fingerprint density at radius 1 is 1.33 bits per heavy atom. The van der Waals surface area contributed by atoms with Crippen LogP contribution in [0.15, 0.2) is 18.2 Å². The number of nitrogens with two attached hydrogens (primary N) is 1. The summed E-state index contributed by atoms with van der Waals surface area (Å²) in [5.41, 5.74) is 8.20. The van der Waals surface area contributed by atoms with Gasteiger partial charge in [-0.2, -0.15) is 0 Å². The van der Waals surface area contributed by atoms with Crippen LogP contribution in [-0.2, 0) is 4.79 Å². The number of nitrogens with one attached hydrogen (secondary N) is 1. The van der Waals surface area contributed by atoms with Crippen molar-refractivity contribution >= 4 is 11.6 Å². The molecule has 0 spiro atoms. The maximum absolute atomic E-state index is 12.0. The standard InChI is InChI=1S/C18H24N2O/c1-14-11-16(7-4-10-19)13-17(12-14)20-18(21)9-8-15-5-2-3-6-15/h11-13,15H,2-3,5-6,8-10,19H2,1H3,(H,20,21). The number of hydrogen-bond donors (Lipinski definition) is 2. The van der Waals surface area contributed by atoms with E-state index in [1.165, 1.54) is 25.7 Å². The van der Waals surface area contributed by atoms with E-state index in [4.69, 9.17) is 5.73 Å². The van der Waals surface area contributed by atoms with Crippen molar-refractivity contribution in [1.82, 2.24) is 0 Å². The van der Waals surface area contributed by atoms with Crippen LogP contribution >= 0.6 is 0 Å². The van der Waals surface area contributed by atoms with Gasteiger partial charge in [0, 0.05) is 17.7 Å². The number of amides is 1. The second kappa shape index (κ2) is 7.85. The van der Waals surface area contributed by atoms with Gasteiger partial charge in [-0.05, 0) is 43.0 Å². The molecule has 0 radical (unpaired) electrons. The van der Waals surface area contributed by atoms with E-state index in [9.17, 15) is 4.79 Å². The van der Waals surface area contributed by atoms with E-state index >= 15 is 0 Å². The number of benzene rings is 1. The smallest absolute Gasteiger partial charge is 0.224 e. The molecule has 112 valence electrons. The first-order valence-corrected chi connectivity index (χ1v) is 7.78. The van der Waals surface area contributed by atoms with Crippen LogP contribution in [0.4, 0.5) is 5.69 Å². The number of hydrogen-bond acceptors (Lipinski definition) is 2.